The van der Waals surface area contributed by atoms with Gasteiger partial charge in [-0.2, -0.15) is 0 Å². The fourth-order valence-electron chi connectivity index (χ4n) is 7.61. The SMILES string of the molecule is CCCCCCCCCCC/C=C/C[C@@H](O)[C@@H](O)[C@@H](CO[C@@H]1O[C@H](CO)[C@@H](O)[C@H](O)[C@H]1O)NC(=O)[C@H](O)CCCCCCCCCCCCCCCCCCCC. The van der Waals surface area contributed by atoms with Gasteiger partial charge in [-0.15, -0.1) is 0 Å². The summed E-state index contributed by atoms with van der Waals surface area (Å²) in [5.74, 6) is -0.712. The van der Waals surface area contributed by atoms with Crippen LogP contribution in [0.25, 0.3) is 0 Å². The van der Waals surface area contributed by atoms with Gasteiger partial charge in [0.2, 0.25) is 5.91 Å². The number of hydrogen-bond donors (Lipinski definition) is 8. The first-order valence-corrected chi connectivity index (χ1v) is 23.6. The van der Waals surface area contributed by atoms with Gasteiger partial charge in [0, 0.05) is 0 Å². The third-order valence-electron chi connectivity index (χ3n) is 11.6. The second-order valence-corrected chi connectivity index (χ2v) is 16.8. The highest BCUT2D eigenvalue weighted by Gasteiger charge is 2.44. The second kappa shape index (κ2) is 36.7. The normalized spacial score (nSPS) is 22.2. The molecule has 0 bridgehead atoms. The summed E-state index contributed by atoms with van der Waals surface area (Å²) in [6, 6.07) is -1.19. The van der Waals surface area contributed by atoms with Gasteiger partial charge < -0.3 is 50.5 Å². The van der Waals surface area contributed by atoms with Crippen LogP contribution in [-0.4, -0.2) is 110 Å². The third kappa shape index (κ3) is 26.6. The van der Waals surface area contributed by atoms with Crippen LogP contribution in [-0.2, 0) is 14.3 Å². The first-order chi connectivity index (χ1) is 27.7. The van der Waals surface area contributed by atoms with Crippen molar-refractivity contribution in [3.05, 3.63) is 12.2 Å². The van der Waals surface area contributed by atoms with Gasteiger partial charge in [-0.25, -0.2) is 0 Å². The first-order valence-electron chi connectivity index (χ1n) is 23.6. The lowest BCUT2D eigenvalue weighted by molar-refractivity contribution is -0.303. The van der Waals surface area contributed by atoms with Gasteiger partial charge in [-0.3, -0.25) is 4.79 Å². The van der Waals surface area contributed by atoms with Crippen LogP contribution in [0, 0.1) is 0 Å². The van der Waals surface area contributed by atoms with Crippen LogP contribution in [0.5, 0.6) is 0 Å². The molecule has 11 heteroatoms. The smallest absolute Gasteiger partial charge is 0.249 e. The largest absolute Gasteiger partial charge is 0.394 e. The highest BCUT2D eigenvalue weighted by atomic mass is 16.7. The number of carbonyl (C=O) groups is 1. The second-order valence-electron chi connectivity index (χ2n) is 16.8. The quantitative estimate of drug-likeness (QED) is 0.0226. The minimum atomic E-state index is -1.67. The fourth-order valence-corrected chi connectivity index (χ4v) is 7.61. The summed E-state index contributed by atoms with van der Waals surface area (Å²) in [6.07, 6.45) is 27.1. The van der Waals surface area contributed by atoms with Crippen molar-refractivity contribution >= 4 is 5.91 Å². The maximum absolute atomic E-state index is 13.1. The Morgan fingerprint density at radius 3 is 1.51 bits per heavy atom. The lowest BCUT2D eigenvalue weighted by Crippen LogP contribution is -2.60. The molecule has 1 rings (SSSR count). The van der Waals surface area contributed by atoms with E-state index in [9.17, 15) is 40.5 Å². The molecule has 1 heterocycles. The lowest BCUT2D eigenvalue weighted by atomic mass is 9.99. The first kappa shape index (κ1) is 53.9. The van der Waals surface area contributed by atoms with Gasteiger partial charge >= 0.3 is 0 Å². The van der Waals surface area contributed by atoms with Crippen molar-refractivity contribution in [1.29, 1.82) is 0 Å². The Hall–Kier alpha value is -1.15. The van der Waals surface area contributed by atoms with Gasteiger partial charge in [0.25, 0.3) is 0 Å². The van der Waals surface area contributed by atoms with E-state index in [1.54, 1.807) is 0 Å². The van der Waals surface area contributed by atoms with E-state index in [1.165, 1.54) is 135 Å². The van der Waals surface area contributed by atoms with E-state index in [1.807, 2.05) is 12.2 Å². The Morgan fingerprint density at radius 2 is 1.05 bits per heavy atom. The van der Waals surface area contributed by atoms with Crippen LogP contribution in [0.3, 0.4) is 0 Å². The number of allylic oxidation sites excluding steroid dienone is 1. The van der Waals surface area contributed by atoms with Crippen molar-refractivity contribution in [2.75, 3.05) is 13.2 Å². The van der Waals surface area contributed by atoms with E-state index in [-0.39, 0.29) is 12.8 Å². The molecule has 0 aromatic carbocycles. The van der Waals surface area contributed by atoms with Gasteiger partial charge in [-0.05, 0) is 25.7 Å². The highest BCUT2D eigenvalue weighted by Crippen LogP contribution is 2.23. The minimum Gasteiger partial charge on any atom is -0.394 e. The number of hydrogen-bond acceptors (Lipinski definition) is 10. The Kier molecular flexibility index (Phi) is 34.7. The van der Waals surface area contributed by atoms with Crippen molar-refractivity contribution in [3.63, 3.8) is 0 Å². The molecule has 0 unspecified atom stereocenters. The summed E-state index contributed by atoms with van der Waals surface area (Å²) in [5, 5.41) is 75.5. The summed E-state index contributed by atoms with van der Waals surface area (Å²) in [7, 11) is 0. The summed E-state index contributed by atoms with van der Waals surface area (Å²) in [6.45, 7) is 3.41. The molecule has 0 aromatic heterocycles. The van der Waals surface area contributed by atoms with Crippen LogP contribution in [0.1, 0.15) is 206 Å². The van der Waals surface area contributed by atoms with Crippen LogP contribution < -0.4 is 5.32 Å². The van der Waals surface area contributed by atoms with E-state index >= 15 is 0 Å². The number of carbonyl (C=O) groups excluding carboxylic acids is 1. The Balaban J connectivity index is 2.44. The van der Waals surface area contributed by atoms with E-state index in [0.717, 1.165) is 38.5 Å². The van der Waals surface area contributed by atoms with Crippen molar-refractivity contribution in [1.82, 2.24) is 5.32 Å². The number of unbranched alkanes of at least 4 members (excludes halogenated alkanes) is 26. The van der Waals surface area contributed by atoms with Crippen molar-refractivity contribution in [2.45, 2.75) is 262 Å². The number of nitrogens with one attached hydrogen (secondary N) is 1. The minimum absolute atomic E-state index is 0.132. The Morgan fingerprint density at radius 1 is 0.614 bits per heavy atom. The average molecular weight is 816 g/mol. The van der Waals surface area contributed by atoms with Crippen LogP contribution in [0.2, 0.25) is 0 Å². The number of aliphatic hydroxyl groups excluding tert-OH is 7. The molecule has 8 N–H and O–H groups in total. The zero-order chi connectivity index (χ0) is 41.9. The zero-order valence-corrected chi connectivity index (χ0v) is 36.3. The molecular formula is C46H89NO10. The van der Waals surface area contributed by atoms with E-state index in [0.29, 0.717) is 6.42 Å². The zero-order valence-electron chi connectivity index (χ0n) is 36.3. The fraction of sp³-hybridized carbons (Fsp3) is 0.935. The van der Waals surface area contributed by atoms with Crippen LogP contribution in [0.15, 0.2) is 12.2 Å². The van der Waals surface area contributed by atoms with Crippen molar-refractivity contribution in [2.24, 2.45) is 0 Å². The summed E-state index contributed by atoms with van der Waals surface area (Å²) >= 11 is 0. The molecule has 1 saturated heterocycles. The summed E-state index contributed by atoms with van der Waals surface area (Å²) < 4.78 is 11.1. The summed E-state index contributed by atoms with van der Waals surface area (Å²) in [5.41, 5.74) is 0. The molecular weight excluding hydrogens is 727 g/mol. The lowest BCUT2D eigenvalue weighted by Gasteiger charge is -2.40. The number of aliphatic hydroxyl groups is 7. The Bertz CT molecular complexity index is 939. The van der Waals surface area contributed by atoms with E-state index < -0.39 is 74.2 Å². The summed E-state index contributed by atoms with van der Waals surface area (Å²) in [4.78, 5) is 13.1. The molecule has 57 heavy (non-hydrogen) atoms. The standard InChI is InChI=1S/C46H89NO10/c1-3-5-7-9-11-13-15-17-18-19-20-21-22-24-26-28-30-32-34-39(50)45(55)47-37(36-56-46-44(54)43(53)42(52)40(35-48)57-46)41(51)38(49)33-31-29-27-25-23-16-14-12-10-8-6-4-2/h29,31,37-44,46,48-54H,3-28,30,32-36H2,1-2H3,(H,47,55)/b31-29+/t37-,38-,39-,40-,41+,42-,43+,44-,46-/m1/s1. The molecule has 1 amide bonds. The molecule has 11 nitrogen and oxygen atoms in total. The molecule has 0 spiro atoms. The van der Waals surface area contributed by atoms with Crippen molar-refractivity contribution in [3.8, 4) is 0 Å². The highest BCUT2D eigenvalue weighted by molar-refractivity contribution is 5.80. The maximum atomic E-state index is 13.1. The predicted molar refractivity (Wildman–Crippen MR) is 229 cm³/mol. The Labute approximate surface area is 347 Å². The van der Waals surface area contributed by atoms with E-state index in [2.05, 4.69) is 19.2 Å². The molecule has 0 saturated carbocycles. The van der Waals surface area contributed by atoms with Gasteiger partial charge in [0.05, 0.1) is 25.4 Å². The van der Waals surface area contributed by atoms with Crippen LogP contribution in [0.4, 0.5) is 0 Å². The molecule has 1 aliphatic rings. The number of amides is 1. The topological polar surface area (TPSA) is 189 Å². The number of ether oxygens (including phenoxy) is 2. The molecule has 0 aliphatic carbocycles. The molecule has 9 atom stereocenters. The van der Waals surface area contributed by atoms with Gasteiger partial charge in [0.1, 0.15) is 36.6 Å². The van der Waals surface area contributed by atoms with Gasteiger partial charge in [0.15, 0.2) is 6.29 Å². The monoisotopic (exact) mass is 816 g/mol. The maximum Gasteiger partial charge on any atom is 0.249 e. The van der Waals surface area contributed by atoms with E-state index in [4.69, 9.17) is 9.47 Å². The third-order valence-corrected chi connectivity index (χ3v) is 11.6. The molecule has 1 fully saturated rings. The average Bonchev–Trinajstić information content (AvgIpc) is 3.21. The molecule has 0 aromatic rings. The van der Waals surface area contributed by atoms with Crippen LogP contribution >= 0.6 is 0 Å². The predicted octanol–water partition coefficient (Wildman–Crippen LogP) is 7.67. The molecule has 1 aliphatic heterocycles. The molecule has 0 radical (unpaired) electrons. The number of rotatable bonds is 39. The van der Waals surface area contributed by atoms with Gasteiger partial charge in [-0.1, -0.05) is 193 Å². The van der Waals surface area contributed by atoms with Crippen molar-refractivity contribution < 1.29 is 50.0 Å². The molecule has 338 valence electrons.